The van der Waals surface area contributed by atoms with E-state index in [1.54, 1.807) is 32.9 Å². The van der Waals surface area contributed by atoms with E-state index in [9.17, 15) is 18.0 Å². The summed E-state index contributed by atoms with van der Waals surface area (Å²) >= 11 is 0. The second-order valence-electron chi connectivity index (χ2n) is 11.6. The van der Waals surface area contributed by atoms with Crippen molar-refractivity contribution in [2.75, 3.05) is 0 Å². The summed E-state index contributed by atoms with van der Waals surface area (Å²) in [4.78, 5) is 12.1. The van der Waals surface area contributed by atoms with E-state index < -0.39 is 23.3 Å². The lowest BCUT2D eigenvalue weighted by Crippen LogP contribution is -2.24. The van der Waals surface area contributed by atoms with Crippen molar-refractivity contribution in [3.05, 3.63) is 46.6 Å². The minimum atomic E-state index is -4.57. The molecule has 200 valence electrons. The van der Waals surface area contributed by atoms with Crippen LogP contribution in [0, 0.1) is 5.41 Å². The van der Waals surface area contributed by atoms with Crippen molar-refractivity contribution < 1.29 is 22.7 Å². The third kappa shape index (κ3) is 6.08. The molecule has 0 saturated carbocycles. The van der Waals surface area contributed by atoms with E-state index in [-0.39, 0.29) is 23.8 Å². The number of hydrogen-bond donors (Lipinski definition) is 1. The van der Waals surface area contributed by atoms with E-state index >= 15 is 0 Å². The molecule has 0 aliphatic heterocycles. The normalized spacial score (nSPS) is 15.5. The maximum atomic E-state index is 13.9. The molecule has 0 unspecified atom stereocenters. The Hall–Kier alpha value is -3.10. The number of ether oxygens (including phenoxy) is 1. The number of esters is 1. The molecule has 2 aromatic heterocycles. The van der Waals surface area contributed by atoms with Gasteiger partial charge in [-0.05, 0) is 76.5 Å². The highest BCUT2D eigenvalue weighted by atomic mass is 19.4. The van der Waals surface area contributed by atoms with Gasteiger partial charge in [-0.2, -0.15) is 23.4 Å². The van der Waals surface area contributed by atoms with Crippen LogP contribution in [0.1, 0.15) is 76.8 Å². The maximum absolute atomic E-state index is 13.9. The Balaban J connectivity index is 1.62. The largest absolute Gasteiger partial charge is 0.460 e. The Kier molecular flexibility index (Phi) is 7.03. The Morgan fingerprint density at radius 2 is 1.92 bits per heavy atom. The number of nitrogens with one attached hydrogen (secondary N) is 1. The van der Waals surface area contributed by atoms with Gasteiger partial charge in [-0.3, -0.25) is 14.6 Å². The van der Waals surface area contributed by atoms with Gasteiger partial charge in [0.2, 0.25) is 0 Å². The highest BCUT2D eigenvalue weighted by molar-refractivity contribution is 5.71. The summed E-state index contributed by atoms with van der Waals surface area (Å²) in [5.41, 5.74) is 3.48. The number of fused-ring (bicyclic) bond motifs is 1. The van der Waals surface area contributed by atoms with Crippen molar-refractivity contribution >= 4 is 5.97 Å². The zero-order valence-electron chi connectivity index (χ0n) is 22.3. The predicted octanol–water partition coefficient (Wildman–Crippen LogP) is 6.77. The molecule has 4 rings (SSSR count). The summed E-state index contributed by atoms with van der Waals surface area (Å²) in [6.07, 6.45) is -1.88. The number of alkyl halides is 3. The van der Waals surface area contributed by atoms with Crippen LogP contribution in [0.15, 0.2) is 24.3 Å². The average Bonchev–Trinajstić information content (AvgIpc) is 3.39. The summed E-state index contributed by atoms with van der Waals surface area (Å²) in [7, 11) is 0. The number of benzene rings is 1. The van der Waals surface area contributed by atoms with Gasteiger partial charge in [0, 0.05) is 29.8 Å². The van der Waals surface area contributed by atoms with E-state index in [1.807, 2.05) is 4.68 Å². The zero-order chi connectivity index (χ0) is 27.2. The molecule has 2 heterocycles. The molecule has 0 bridgehead atoms. The first-order valence-electron chi connectivity index (χ1n) is 12.7. The van der Waals surface area contributed by atoms with Crippen LogP contribution in [0.2, 0.25) is 0 Å². The van der Waals surface area contributed by atoms with Gasteiger partial charge in [-0.1, -0.05) is 26.0 Å². The fraction of sp³-hybridized carbons (Fsp3) is 0.536. The molecule has 0 saturated heterocycles. The fourth-order valence-corrected chi connectivity index (χ4v) is 4.92. The number of nitrogens with zero attached hydrogens (tertiary/aromatic N) is 3. The average molecular weight is 517 g/mol. The van der Waals surface area contributed by atoms with Crippen molar-refractivity contribution in [2.24, 2.45) is 5.41 Å². The number of aromatic amines is 1. The van der Waals surface area contributed by atoms with Crippen LogP contribution in [0.5, 0.6) is 0 Å². The molecule has 3 aromatic rings. The fourth-order valence-electron chi connectivity index (χ4n) is 4.92. The molecule has 1 aliphatic carbocycles. The van der Waals surface area contributed by atoms with Gasteiger partial charge in [0.15, 0.2) is 0 Å². The van der Waals surface area contributed by atoms with E-state index in [4.69, 9.17) is 9.84 Å². The highest BCUT2D eigenvalue weighted by Gasteiger charge is 2.34. The van der Waals surface area contributed by atoms with Gasteiger partial charge in [-0.25, -0.2) is 0 Å². The number of halogens is 3. The first-order chi connectivity index (χ1) is 17.2. The number of rotatable bonds is 6. The summed E-state index contributed by atoms with van der Waals surface area (Å²) in [6, 6.07) is 5.90. The molecule has 1 aliphatic rings. The van der Waals surface area contributed by atoms with Crippen molar-refractivity contribution in [1.82, 2.24) is 20.0 Å². The minimum absolute atomic E-state index is 0.0521. The summed E-state index contributed by atoms with van der Waals surface area (Å²) in [6.45, 7) is 12.5. The molecule has 6 nitrogen and oxygen atoms in total. The van der Waals surface area contributed by atoms with Gasteiger partial charge in [0.05, 0.1) is 17.0 Å². The third-order valence-corrected chi connectivity index (χ3v) is 6.73. The number of carbonyl (C=O) groups is 1. The number of carbonyl (C=O) groups excluding carboxylic acids is 1. The molecule has 1 aromatic carbocycles. The first kappa shape index (κ1) is 26.9. The maximum Gasteiger partial charge on any atom is 0.416 e. The lowest BCUT2D eigenvalue weighted by molar-refractivity contribution is -0.155. The third-order valence-electron chi connectivity index (χ3n) is 6.73. The van der Waals surface area contributed by atoms with E-state index in [0.717, 1.165) is 37.6 Å². The monoisotopic (exact) mass is 516 g/mol. The second kappa shape index (κ2) is 9.65. The van der Waals surface area contributed by atoms with Crippen LogP contribution in [0.3, 0.4) is 0 Å². The second-order valence-corrected chi connectivity index (χ2v) is 11.6. The number of H-pyrrole nitrogens is 1. The molecule has 37 heavy (non-hydrogen) atoms. The van der Waals surface area contributed by atoms with Gasteiger partial charge < -0.3 is 4.74 Å². The Labute approximate surface area is 215 Å². The van der Waals surface area contributed by atoms with Crippen molar-refractivity contribution in [3.63, 3.8) is 0 Å². The van der Waals surface area contributed by atoms with E-state index in [0.29, 0.717) is 17.0 Å². The van der Waals surface area contributed by atoms with Crippen molar-refractivity contribution in [3.8, 4) is 22.6 Å². The smallest absolute Gasteiger partial charge is 0.416 e. The van der Waals surface area contributed by atoms with Crippen LogP contribution in [-0.4, -0.2) is 31.5 Å². The van der Waals surface area contributed by atoms with Crippen molar-refractivity contribution in [1.29, 1.82) is 0 Å². The van der Waals surface area contributed by atoms with Crippen LogP contribution in [0.25, 0.3) is 22.6 Å². The topological polar surface area (TPSA) is 72.8 Å². The molecular formula is C28H35F3N4O2. The number of hydrogen-bond acceptors (Lipinski definition) is 4. The van der Waals surface area contributed by atoms with E-state index in [1.165, 1.54) is 17.3 Å². The standard InChI is InChI=1S/C28H35F3N4O2/c1-7-35-23-16-27(5,6)13-12-19(23)25(34-35)22-15-21(32-33-22)18-9-8-17(20(14-18)28(29,30)31)10-11-24(36)37-26(2,3)4/h8-9,14-15H,7,10-13,16H2,1-6H3,(H,32,33). The minimum Gasteiger partial charge on any atom is -0.460 e. The van der Waals surface area contributed by atoms with Crippen LogP contribution in [-0.2, 0) is 41.5 Å². The molecule has 0 spiro atoms. The lowest BCUT2D eigenvalue weighted by Gasteiger charge is -2.30. The molecular weight excluding hydrogens is 481 g/mol. The Bertz CT molecular complexity index is 1300. The quantitative estimate of drug-likeness (QED) is 0.367. The van der Waals surface area contributed by atoms with Crippen LogP contribution >= 0.6 is 0 Å². The molecule has 0 amide bonds. The Morgan fingerprint density at radius 1 is 1.19 bits per heavy atom. The number of aromatic nitrogens is 4. The molecule has 1 N–H and O–H groups in total. The van der Waals surface area contributed by atoms with Gasteiger partial charge in [0.1, 0.15) is 11.3 Å². The predicted molar refractivity (Wildman–Crippen MR) is 136 cm³/mol. The van der Waals surface area contributed by atoms with Crippen molar-refractivity contribution in [2.45, 2.75) is 92.0 Å². The summed E-state index contributed by atoms with van der Waals surface area (Å²) < 4.78 is 49.1. The molecule has 9 heteroatoms. The first-order valence-corrected chi connectivity index (χ1v) is 12.7. The van der Waals surface area contributed by atoms with Crippen LogP contribution < -0.4 is 0 Å². The SMILES string of the molecule is CCn1nc(-c2cc(-c3ccc(CCC(=O)OC(C)(C)C)c(C(F)(F)F)c3)n[nH]2)c2c1CC(C)(C)CC2. The van der Waals surface area contributed by atoms with Gasteiger partial charge >= 0.3 is 12.1 Å². The highest BCUT2D eigenvalue weighted by Crippen LogP contribution is 2.40. The molecule has 0 fully saturated rings. The van der Waals surface area contributed by atoms with Gasteiger partial charge in [-0.15, -0.1) is 0 Å². The molecule has 0 radical (unpaired) electrons. The number of aryl methyl sites for hydroxylation is 2. The summed E-state index contributed by atoms with van der Waals surface area (Å²) in [5.74, 6) is -0.528. The van der Waals surface area contributed by atoms with Crippen LogP contribution in [0.4, 0.5) is 13.2 Å². The molecule has 0 atom stereocenters. The zero-order valence-corrected chi connectivity index (χ0v) is 22.3. The Morgan fingerprint density at radius 3 is 2.57 bits per heavy atom. The van der Waals surface area contributed by atoms with Gasteiger partial charge in [0.25, 0.3) is 0 Å². The lowest BCUT2D eigenvalue weighted by atomic mass is 9.76. The van der Waals surface area contributed by atoms with E-state index in [2.05, 4.69) is 31.0 Å². The summed E-state index contributed by atoms with van der Waals surface area (Å²) in [5, 5.41) is 12.1.